The van der Waals surface area contributed by atoms with Crippen molar-refractivity contribution in [2.24, 2.45) is 11.1 Å². The first kappa shape index (κ1) is 11.8. The minimum Gasteiger partial charge on any atom is -0.391 e. The summed E-state index contributed by atoms with van der Waals surface area (Å²) in [4.78, 5) is 1.86. The number of nitrogens with zero attached hydrogens (tertiary/aromatic N) is 1. The number of aliphatic hydroxyl groups is 2. The molecule has 0 aromatic carbocycles. The Balaban J connectivity index is 4.15. The first-order valence-electron chi connectivity index (χ1n) is 4.05. The van der Waals surface area contributed by atoms with E-state index in [2.05, 4.69) is 0 Å². The van der Waals surface area contributed by atoms with Crippen LogP contribution in [-0.4, -0.2) is 48.1 Å². The van der Waals surface area contributed by atoms with Gasteiger partial charge in [-0.1, -0.05) is 13.8 Å². The molecule has 0 aromatic heterocycles. The molecule has 0 fully saturated rings. The quantitative estimate of drug-likeness (QED) is 0.491. The second-order valence-corrected chi connectivity index (χ2v) is 4.04. The fourth-order valence-corrected chi connectivity index (χ4v) is 0.778. The molecule has 2 atom stereocenters. The molecule has 0 heterocycles. The van der Waals surface area contributed by atoms with Crippen LogP contribution in [0.25, 0.3) is 0 Å². The normalized spacial score (nSPS) is 18.0. The molecule has 4 nitrogen and oxygen atoms in total. The molecule has 4 heteroatoms. The third kappa shape index (κ3) is 3.06. The third-order valence-corrected chi connectivity index (χ3v) is 2.16. The van der Waals surface area contributed by atoms with Crippen molar-refractivity contribution in [2.75, 3.05) is 20.6 Å². The molecule has 0 saturated heterocycles. The van der Waals surface area contributed by atoms with E-state index in [0.29, 0.717) is 6.54 Å². The largest absolute Gasteiger partial charge is 0.391 e. The van der Waals surface area contributed by atoms with E-state index in [-0.39, 0.29) is 0 Å². The molecule has 2 unspecified atom stereocenters. The van der Waals surface area contributed by atoms with Gasteiger partial charge in [0.05, 0.1) is 6.10 Å². The van der Waals surface area contributed by atoms with Gasteiger partial charge in [-0.3, -0.25) is 0 Å². The first-order valence-corrected chi connectivity index (χ1v) is 4.05. The highest BCUT2D eigenvalue weighted by molar-refractivity contribution is 4.82. The number of hydrogen-bond donors (Lipinski definition) is 3. The van der Waals surface area contributed by atoms with Crippen LogP contribution in [0.4, 0.5) is 0 Å². The monoisotopic (exact) mass is 176 g/mol. The lowest BCUT2D eigenvalue weighted by Gasteiger charge is -2.34. The van der Waals surface area contributed by atoms with E-state index in [0.717, 1.165) is 0 Å². The minimum atomic E-state index is -0.993. The van der Waals surface area contributed by atoms with E-state index in [1.54, 1.807) is 13.8 Å². The Morgan fingerprint density at radius 2 is 1.75 bits per heavy atom. The molecule has 0 aromatic rings. The van der Waals surface area contributed by atoms with Crippen LogP contribution in [0.1, 0.15) is 13.8 Å². The molecule has 4 N–H and O–H groups in total. The average molecular weight is 176 g/mol. The summed E-state index contributed by atoms with van der Waals surface area (Å²) in [5, 5.41) is 18.8. The van der Waals surface area contributed by atoms with Crippen LogP contribution in [-0.2, 0) is 0 Å². The molecule has 0 aliphatic carbocycles. The highest BCUT2D eigenvalue weighted by Gasteiger charge is 2.33. The van der Waals surface area contributed by atoms with Gasteiger partial charge in [0.1, 0.15) is 6.23 Å². The summed E-state index contributed by atoms with van der Waals surface area (Å²) in [7, 11) is 3.73. The lowest BCUT2D eigenvalue weighted by atomic mass is 9.84. The van der Waals surface area contributed by atoms with Gasteiger partial charge >= 0.3 is 0 Å². The number of aliphatic hydroxyl groups excluding tert-OH is 2. The summed E-state index contributed by atoms with van der Waals surface area (Å²) < 4.78 is 0. The molecule has 0 aliphatic heterocycles. The standard InChI is InChI=1S/C8H20N2O2/c1-8(2,7(9)12)6(11)5-10(3)4/h6-7,11-12H,5,9H2,1-4H3. The summed E-state index contributed by atoms with van der Waals surface area (Å²) in [5.41, 5.74) is 4.66. The lowest BCUT2D eigenvalue weighted by molar-refractivity contribution is -0.0527. The predicted molar refractivity (Wildman–Crippen MR) is 48.5 cm³/mol. The van der Waals surface area contributed by atoms with Gasteiger partial charge in [0, 0.05) is 12.0 Å². The zero-order valence-electron chi connectivity index (χ0n) is 8.28. The fourth-order valence-electron chi connectivity index (χ4n) is 0.778. The third-order valence-electron chi connectivity index (χ3n) is 2.16. The van der Waals surface area contributed by atoms with Crippen molar-refractivity contribution in [3.8, 4) is 0 Å². The Hall–Kier alpha value is -0.160. The van der Waals surface area contributed by atoms with Gasteiger partial charge in [0.25, 0.3) is 0 Å². The van der Waals surface area contributed by atoms with Gasteiger partial charge in [0.2, 0.25) is 0 Å². The van der Waals surface area contributed by atoms with E-state index in [1.165, 1.54) is 0 Å². The molecule has 0 amide bonds. The van der Waals surface area contributed by atoms with Crippen molar-refractivity contribution in [3.63, 3.8) is 0 Å². The highest BCUT2D eigenvalue weighted by atomic mass is 16.3. The molecular weight excluding hydrogens is 156 g/mol. The molecule has 74 valence electrons. The van der Waals surface area contributed by atoms with Crippen molar-refractivity contribution in [1.29, 1.82) is 0 Å². The lowest BCUT2D eigenvalue weighted by Crippen LogP contribution is -2.49. The van der Waals surface area contributed by atoms with Crippen molar-refractivity contribution in [3.05, 3.63) is 0 Å². The van der Waals surface area contributed by atoms with Gasteiger partial charge in [-0.05, 0) is 14.1 Å². The van der Waals surface area contributed by atoms with Gasteiger partial charge in [-0.25, -0.2) is 0 Å². The van der Waals surface area contributed by atoms with Gasteiger partial charge in [0.15, 0.2) is 0 Å². The zero-order chi connectivity index (χ0) is 9.94. The zero-order valence-corrected chi connectivity index (χ0v) is 8.28. The summed E-state index contributed by atoms with van der Waals surface area (Å²) in [6.07, 6.45) is -1.61. The van der Waals surface area contributed by atoms with E-state index in [4.69, 9.17) is 10.8 Å². The molecule has 0 saturated carbocycles. The van der Waals surface area contributed by atoms with Crippen molar-refractivity contribution >= 4 is 0 Å². The van der Waals surface area contributed by atoms with Crippen LogP contribution < -0.4 is 5.73 Å². The predicted octanol–water partition coefficient (Wildman–Crippen LogP) is -0.788. The van der Waals surface area contributed by atoms with Gasteiger partial charge in [-0.2, -0.15) is 0 Å². The molecule has 0 spiro atoms. The van der Waals surface area contributed by atoms with Crippen LogP contribution in [0.3, 0.4) is 0 Å². The molecule has 0 rings (SSSR count). The Morgan fingerprint density at radius 1 is 1.33 bits per heavy atom. The second-order valence-electron chi connectivity index (χ2n) is 4.04. The second kappa shape index (κ2) is 4.18. The van der Waals surface area contributed by atoms with E-state index < -0.39 is 17.7 Å². The summed E-state index contributed by atoms with van der Waals surface area (Å²) >= 11 is 0. The fraction of sp³-hybridized carbons (Fsp3) is 1.00. The van der Waals surface area contributed by atoms with E-state index >= 15 is 0 Å². The Kier molecular flexibility index (Phi) is 4.13. The van der Waals surface area contributed by atoms with Crippen molar-refractivity contribution < 1.29 is 10.2 Å². The number of likely N-dealkylation sites (N-methyl/N-ethyl adjacent to an activating group) is 1. The summed E-state index contributed by atoms with van der Waals surface area (Å²) in [6.45, 7) is 3.99. The summed E-state index contributed by atoms with van der Waals surface area (Å²) in [5.74, 6) is 0. The Morgan fingerprint density at radius 3 is 2.00 bits per heavy atom. The average Bonchev–Trinajstić information content (AvgIpc) is 1.85. The molecule has 0 aliphatic rings. The summed E-state index contributed by atoms with van der Waals surface area (Å²) in [6, 6.07) is 0. The first-order chi connectivity index (χ1) is 5.28. The Bertz CT molecular complexity index is 135. The Labute approximate surface area is 74.0 Å². The van der Waals surface area contributed by atoms with Crippen molar-refractivity contribution in [2.45, 2.75) is 26.2 Å². The maximum absolute atomic E-state index is 9.64. The smallest absolute Gasteiger partial charge is 0.110 e. The molecule has 0 bridgehead atoms. The van der Waals surface area contributed by atoms with Crippen LogP contribution in [0.5, 0.6) is 0 Å². The van der Waals surface area contributed by atoms with Crippen molar-refractivity contribution in [1.82, 2.24) is 4.90 Å². The van der Waals surface area contributed by atoms with Gasteiger partial charge in [-0.15, -0.1) is 0 Å². The van der Waals surface area contributed by atoms with Crippen LogP contribution in [0, 0.1) is 5.41 Å². The maximum atomic E-state index is 9.64. The maximum Gasteiger partial charge on any atom is 0.110 e. The number of rotatable bonds is 4. The van der Waals surface area contributed by atoms with Gasteiger partial charge < -0.3 is 20.8 Å². The van der Waals surface area contributed by atoms with E-state index in [9.17, 15) is 5.11 Å². The highest BCUT2D eigenvalue weighted by Crippen LogP contribution is 2.22. The van der Waals surface area contributed by atoms with E-state index in [1.807, 2.05) is 19.0 Å². The SMILES string of the molecule is CN(C)CC(O)C(C)(C)C(N)O. The van der Waals surface area contributed by atoms with Crippen LogP contribution in [0.2, 0.25) is 0 Å². The molecule has 12 heavy (non-hydrogen) atoms. The minimum absolute atomic E-state index is 0.501. The molecule has 0 radical (unpaired) electrons. The van der Waals surface area contributed by atoms with Crippen LogP contribution in [0.15, 0.2) is 0 Å². The van der Waals surface area contributed by atoms with Crippen LogP contribution >= 0.6 is 0 Å². The topological polar surface area (TPSA) is 69.7 Å². The molecular formula is C8H20N2O2. The number of hydrogen-bond acceptors (Lipinski definition) is 4. The number of nitrogens with two attached hydrogens (primary N) is 1.